The lowest BCUT2D eigenvalue weighted by atomic mass is 10.1. The number of amides is 3. The number of aryl methyl sites for hydroxylation is 1. The molecule has 2 aromatic carbocycles. The normalized spacial score (nSPS) is 10.8. The predicted molar refractivity (Wildman–Crippen MR) is 128 cm³/mol. The van der Waals surface area contributed by atoms with Crippen LogP contribution >= 0.6 is 0 Å². The molecule has 33 heavy (non-hydrogen) atoms. The monoisotopic (exact) mass is 455 g/mol. The molecule has 0 unspecified atom stereocenters. The number of benzene rings is 2. The van der Waals surface area contributed by atoms with Crippen LogP contribution in [0.3, 0.4) is 0 Å². The minimum atomic E-state index is -0.605. The molecule has 0 aromatic heterocycles. The minimum Gasteiger partial charge on any atom is -0.484 e. The summed E-state index contributed by atoms with van der Waals surface area (Å²) in [6.07, 6.45) is 1.54. The zero-order valence-corrected chi connectivity index (χ0v) is 19.7. The topological polar surface area (TPSA) is 106 Å². The van der Waals surface area contributed by atoms with Gasteiger partial charge in [0.2, 0.25) is 5.91 Å². The Labute approximate surface area is 195 Å². The van der Waals surface area contributed by atoms with E-state index in [9.17, 15) is 14.4 Å². The lowest BCUT2D eigenvalue weighted by molar-refractivity contribution is -0.118. The fourth-order valence-corrected chi connectivity index (χ4v) is 2.88. The Kier molecular flexibility index (Phi) is 9.72. The molecule has 0 radical (unpaired) electrons. The van der Waals surface area contributed by atoms with Gasteiger partial charge in [0.25, 0.3) is 5.91 Å². The van der Waals surface area contributed by atoms with Crippen LogP contribution in [0.15, 0.2) is 48.5 Å². The number of para-hydroxylation sites is 2. The summed E-state index contributed by atoms with van der Waals surface area (Å²) in [4.78, 5) is 36.3. The van der Waals surface area contributed by atoms with Gasteiger partial charge in [0, 0.05) is 13.0 Å². The van der Waals surface area contributed by atoms with Crippen molar-refractivity contribution >= 4 is 29.3 Å². The number of carbonyl (C=O) groups excluding carboxylic acids is 3. The molecular formula is C25H33N3O5. The number of carbonyl (C=O) groups is 3. The van der Waals surface area contributed by atoms with Gasteiger partial charge in [-0.3, -0.25) is 9.59 Å². The Bertz CT molecular complexity index is 936. The lowest BCUT2D eigenvalue weighted by Gasteiger charge is -2.19. The molecule has 0 aliphatic carbocycles. The zero-order valence-electron chi connectivity index (χ0n) is 19.7. The quantitative estimate of drug-likeness (QED) is 0.489. The van der Waals surface area contributed by atoms with Gasteiger partial charge in [-0.2, -0.15) is 0 Å². The van der Waals surface area contributed by atoms with E-state index in [0.717, 1.165) is 12.8 Å². The number of rotatable bonds is 10. The van der Waals surface area contributed by atoms with Crippen LogP contribution in [0.5, 0.6) is 5.75 Å². The fraction of sp³-hybridized carbons (Fsp3) is 0.400. The summed E-state index contributed by atoms with van der Waals surface area (Å²) in [7, 11) is 0. The van der Waals surface area contributed by atoms with Crippen molar-refractivity contribution < 1.29 is 23.9 Å². The molecular weight excluding hydrogens is 422 g/mol. The van der Waals surface area contributed by atoms with Crippen LogP contribution < -0.4 is 20.7 Å². The summed E-state index contributed by atoms with van der Waals surface area (Å²) in [5.41, 5.74) is 1.53. The summed E-state index contributed by atoms with van der Waals surface area (Å²) < 4.78 is 10.7. The molecule has 0 saturated carbocycles. The Balaban J connectivity index is 1.82. The van der Waals surface area contributed by atoms with Crippen molar-refractivity contribution in [2.24, 2.45) is 0 Å². The molecule has 0 fully saturated rings. The van der Waals surface area contributed by atoms with Gasteiger partial charge in [0.1, 0.15) is 11.4 Å². The van der Waals surface area contributed by atoms with Crippen LogP contribution in [0.4, 0.5) is 16.2 Å². The summed E-state index contributed by atoms with van der Waals surface area (Å²) in [5.74, 6) is -0.0406. The zero-order chi connectivity index (χ0) is 24.3. The number of hydrogen-bond acceptors (Lipinski definition) is 5. The van der Waals surface area contributed by atoms with E-state index >= 15 is 0 Å². The van der Waals surface area contributed by atoms with Crippen LogP contribution in [-0.2, 0) is 20.7 Å². The lowest BCUT2D eigenvalue weighted by Crippen LogP contribution is -2.34. The van der Waals surface area contributed by atoms with E-state index in [1.54, 1.807) is 45.0 Å². The maximum Gasteiger partial charge on any atom is 0.407 e. The van der Waals surface area contributed by atoms with E-state index < -0.39 is 11.7 Å². The Morgan fingerprint density at radius 2 is 1.48 bits per heavy atom. The second-order valence-corrected chi connectivity index (χ2v) is 8.50. The second-order valence-electron chi connectivity index (χ2n) is 8.50. The van der Waals surface area contributed by atoms with E-state index in [1.165, 1.54) is 5.56 Å². The van der Waals surface area contributed by atoms with E-state index in [2.05, 4.69) is 22.9 Å². The molecule has 8 nitrogen and oxygen atoms in total. The number of alkyl carbamates (subject to hydrolysis) is 1. The third-order valence-electron chi connectivity index (χ3n) is 4.33. The van der Waals surface area contributed by atoms with E-state index in [1.807, 2.05) is 24.3 Å². The number of nitrogens with one attached hydrogen (secondary N) is 3. The third-order valence-corrected chi connectivity index (χ3v) is 4.33. The van der Waals surface area contributed by atoms with Crippen molar-refractivity contribution in [2.75, 3.05) is 23.8 Å². The molecule has 3 amide bonds. The van der Waals surface area contributed by atoms with Gasteiger partial charge in [-0.05, 0) is 57.0 Å². The fourth-order valence-electron chi connectivity index (χ4n) is 2.88. The highest BCUT2D eigenvalue weighted by Crippen LogP contribution is 2.21. The number of anilines is 2. The smallest absolute Gasteiger partial charge is 0.407 e. The van der Waals surface area contributed by atoms with Crippen LogP contribution in [0.25, 0.3) is 0 Å². The third kappa shape index (κ3) is 10.1. The molecule has 0 bridgehead atoms. The summed E-state index contributed by atoms with van der Waals surface area (Å²) in [6.45, 7) is 7.38. The average molecular weight is 456 g/mol. The highest BCUT2D eigenvalue weighted by Gasteiger charge is 2.16. The molecule has 0 spiro atoms. The van der Waals surface area contributed by atoms with Gasteiger partial charge in [-0.1, -0.05) is 37.6 Å². The number of ether oxygens (including phenoxy) is 2. The molecule has 8 heteroatoms. The Morgan fingerprint density at radius 3 is 2.06 bits per heavy atom. The standard InChI is InChI=1S/C25H33N3O5/c1-5-8-18-11-13-19(14-12-18)32-17-23(30)28-21-10-7-6-9-20(21)27-22(29)15-16-26-24(31)33-25(2,3)4/h6-7,9-14H,5,8,15-17H2,1-4H3,(H,26,31)(H,27,29)(H,28,30). The van der Waals surface area contributed by atoms with Gasteiger partial charge in [-0.25, -0.2) is 4.79 Å². The number of hydrogen-bond donors (Lipinski definition) is 3. The van der Waals surface area contributed by atoms with Crippen LogP contribution in [-0.4, -0.2) is 36.7 Å². The van der Waals surface area contributed by atoms with Crippen molar-refractivity contribution in [1.29, 1.82) is 0 Å². The molecule has 2 rings (SSSR count). The van der Waals surface area contributed by atoms with Crippen LogP contribution in [0.2, 0.25) is 0 Å². The van der Waals surface area contributed by atoms with Gasteiger partial charge in [0.05, 0.1) is 11.4 Å². The van der Waals surface area contributed by atoms with Crippen LogP contribution in [0.1, 0.15) is 46.1 Å². The molecule has 2 aromatic rings. The van der Waals surface area contributed by atoms with Crippen molar-refractivity contribution in [3.8, 4) is 5.75 Å². The van der Waals surface area contributed by atoms with Gasteiger partial charge in [-0.15, -0.1) is 0 Å². The second kappa shape index (κ2) is 12.5. The van der Waals surface area contributed by atoms with Crippen LogP contribution in [0, 0.1) is 0 Å². The van der Waals surface area contributed by atoms with Crippen molar-refractivity contribution in [1.82, 2.24) is 5.32 Å². The predicted octanol–water partition coefficient (Wildman–Crippen LogP) is 4.51. The Morgan fingerprint density at radius 1 is 0.879 bits per heavy atom. The summed E-state index contributed by atoms with van der Waals surface area (Å²) in [5, 5.41) is 8.03. The van der Waals surface area contributed by atoms with Gasteiger partial charge >= 0.3 is 6.09 Å². The molecule has 178 valence electrons. The van der Waals surface area contributed by atoms with Crippen molar-refractivity contribution in [3.63, 3.8) is 0 Å². The molecule has 0 heterocycles. The molecule has 0 saturated heterocycles. The first kappa shape index (κ1) is 25.7. The average Bonchev–Trinajstić information content (AvgIpc) is 2.73. The first-order valence-electron chi connectivity index (χ1n) is 11.0. The maximum atomic E-state index is 12.3. The van der Waals surface area contributed by atoms with E-state index in [4.69, 9.17) is 9.47 Å². The van der Waals surface area contributed by atoms with E-state index in [-0.39, 0.29) is 31.4 Å². The van der Waals surface area contributed by atoms with Gasteiger partial charge in [0.15, 0.2) is 6.61 Å². The van der Waals surface area contributed by atoms with E-state index in [0.29, 0.717) is 17.1 Å². The highest BCUT2D eigenvalue weighted by atomic mass is 16.6. The SMILES string of the molecule is CCCc1ccc(OCC(=O)Nc2ccccc2NC(=O)CCNC(=O)OC(C)(C)C)cc1. The summed E-state index contributed by atoms with van der Waals surface area (Å²) in [6, 6.07) is 14.5. The molecule has 3 N–H and O–H groups in total. The Hall–Kier alpha value is -3.55. The van der Waals surface area contributed by atoms with Gasteiger partial charge < -0.3 is 25.4 Å². The first-order valence-corrected chi connectivity index (χ1v) is 11.0. The molecule has 0 aliphatic heterocycles. The first-order chi connectivity index (χ1) is 15.7. The minimum absolute atomic E-state index is 0.0542. The summed E-state index contributed by atoms with van der Waals surface area (Å²) >= 11 is 0. The molecule has 0 atom stereocenters. The maximum absolute atomic E-state index is 12.3. The van der Waals surface area contributed by atoms with Crippen molar-refractivity contribution in [3.05, 3.63) is 54.1 Å². The largest absolute Gasteiger partial charge is 0.484 e. The van der Waals surface area contributed by atoms with Crippen molar-refractivity contribution in [2.45, 2.75) is 52.6 Å². The highest BCUT2D eigenvalue weighted by molar-refractivity contribution is 6.00. The molecule has 0 aliphatic rings.